The fraction of sp³-hybridized carbons (Fsp3) is 0.929. The summed E-state index contributed by atoms with van der Waals surface area (Å²) in [6, 6.07) is 0.519. The molecule has 2 N–H and O–H groups in total. The van der Waals surface area contributed by atoms with Crippen LogP contribution in [0.15, 0.2) is 0 Å². The Bertz CT molecular complexity index is 296. The Balaban J connectivity index is 0.00000120. The van der Waals surface area contributed by atoms with Gasteiger partial charge in [0.2, 0.25) is 5.91 Å². The number of carbonyl (C=O) groups is 1. The van der Waals surface area contributed by atoms with Crippen LogP contribution in [0.1, 0.15) is 51.4 Å². The Labute approximate surface area is 116 Å². The molecule has 18 heavy (non-hydrogen) atoms. The zero-order chi connectivity index (χ0) is 11.7. The van der Waals surface area contributed by atoms with Gasteiger partial charge in [0, 0.05) is 12.0 Å². The molecule has 2 saturated carbocycles. The molecule has 3 aliphatic rings. The predicted octanol–water partition coefficient (Wildman–Crippen LogP) is 2.25. The van der Waals surface area contributed by atoms with E-state index in [0.717, 1.165) is 25.9 Å². The Morgan fingerprint density at radius 3 is 2.44 bits per heavy atom. The number of hydrogen-bond donors (Lipinski definition) is 2. The van der Waals surface area contributed by atoms with Gasteiger partial charge in [-0.3, -0.25) is 4.79 Å². The summed E-state index contributed by atoms with van der Waals surface area (Å²) in [6.07, 6.45) is 10.1. The van der Waals surface area contributed by atoms with Gasteiger partial charge in [-0.2, -0.15) is 0 Å². The highest BCUT2D eigenvalue weighted by Gasteiger charge is 2.54. The highest BCUT2D eigenvalue weighted by Crippen LogP contribution is 2.56. The minimum atomic E-state index is 0. The number of piperidine rings is 1. The SMILES string of the molecule is Cl.O=C(NC1CC12CCCCC2)C1CCNCC1. The van der Waals surface area contributed by atoms with E-state index < -0.39 is 0 Å². The molecule has 0 aromatic heterocycles. The zero-order valence-electron chi connectivity index (χ0n) is 11.0. The molecule has 3 fully saturated rings. The lowest BCUT2D eigenvalue weighted by atomic mass is 9.85. The lowest BCUT2D eigenvalue weighted by Gasteiger charge is -2.25. The summed E-state index contributed by atoms with van der Waals surface area (Å²) in [7, 11) is 0. The first-order valence-corrected chi connectivity index (χ1v) is 7.31. The number of carbonyl (C=O) groups excluding carboxylic acids is 1. The van der Waals surface area contributed by atoms with E-state index in [2.05, 4.69) is 10.6 Å². The van der Waals surface area contributed by atoms with E-state index in [9.17, 15) is 4.79 Å². The third kappa shape index (κ3) is 2.83. The summed E-state index contributed by atoms with van der Waals surface area (Å²) in [4.78, 5) is 12.1. The summed E-state index contributed by atoms with van der Waals surface area (Å²) in [5.74, 6) is 0.608. The van der Waals surface area contributed by atoms with Crippen LogP contribution in [0.5, 0.6) is 0 Å². The van der Waals surface area contributed by atoms with Gasteiger partial charge in [-0.25, -0.2) is 0 Å². The second-order valence-electron chi connectivity index (χ2n) is 6.21. The molecule has 0 aromatic carbocycles. The largest absolute Gasteiger partial charge is 0.353 e. The lowest BCUT2D eigenvalue weighted by Crippen LogP contribution is -2.40. The molecular formula is C14H25ClN2O. The molecular weight excluding hydrogens is 248 g/mol. The topological polar surface area (TPSA) is 41.1 Å². The minimum absolute atomic E-state index is 0. The van der Waals surface area contributed by atoms with Gasteiger partial charge in [0.1, 0.15) is 0 Å². The van der Waals surface area contributed by atoms with Crippen molar-refractivity contribution in [1.82, 2.24) is 10.6 Å². The van der Waals surface area contributed by atoms with Gasteiger partial charge < -0.3 is 10.6 Å². The molecule has 104 valence electrons. The Hall–Kier alpha value is -0.280. The van der Waals surface area contributed by atoms with Crippen molar-refractivity contribution >= 4 is 18.3 Å². The fourth-order valence-corrected chi connectivity index (χ4v) is 3.73. The first kappa shape index (κ1) is 14.1. The summed E-state index contributed by atoms with van der Waals surface area (Å²) in [5.41, 5.74) is 0.529. The lowest BCUT2D eigenvalue weighted by molar-refractivity contribution is -0.126. The smallest absolute Gasteiger partial charge is 0.223 e. The molecule has 1 heterocycles. The second kappa shape index (κ2) is 5.79. The average Bonchev–Trinajstić information content (AvgIpc) is 3.03. The van der Waals surface area contributed by atoms with E-state index in [1.54, 1.807) is 0 Å². The molecule has 1 spiro atoms. The number of rotatable bonds is 2. The molecule has 0 aromatic rings. The van der Waals surface area contributed by atoms with Crippen molar-refractivity contribution in [3.8, 4) is 0 Å². The monoisotopic (exact) mass is 272 g/mol. The molecule has 3 nitrogen and oxygen atoms in total. The Kier molecular flexibility index (Phi) is 4.54. The minimum Gasteiger partial charge on any atom is -0.353 e. The average molecular weight is 273 g/mol. The number of amides is 1. The van der Waals surface area contributed by atoms with Crippen molar-refractivity contribution in [1.29, 1.82) is 0 Å². The van der Waals surface area contributed by atoms with Gasteiger partial charge in [-0.05, 0) is 50.6 Å². The van der Waals surface area contributed by atoms with Gasteiger partial charge in [0.15, 0.2) is 0 Å². The molecule has 1 atom stereocenters. The quantitative estimate of drug-likeness (QED) is 0.810. The molecule has 1 amide bonds. The molecule has 1 unspecified atom stereocenters. The normalized spacial score (nSPS) is 30.6. The van der Waals surface area contributed by atoms with E-state index in [4.69, 9.17) is 0 Å². The van der Waals surface area contributed by atoms with Gasteiger partial charge in [-0.1, -0.05) is 19.3 Å². The Morgan fingerprint density at radius 1 is 1.11 bits per heavy atom. The van der Waals surface area contributed by atoms with Gasteiger partial charge in [0.05, 0.1) is 0 Å². The third-order valence-electron chi connectivity index (χ3n) is 5.07. The number of halogens is 1. The van der Waals surface area contributed by atoms with Crippen LogP contribution in [-0.2, 0) is 4.79 Å². The van der Waals surface area contributed by atoms with Crippen LogP contribution in [0.2, 0.25) is 0 Å². The van der Waals surface area contributed by atoms with E-state index in [1.165, 1.54) is 38.5 Å². The highest BCUT2D eigenvalue weighted by molar-refractivity contribution is 5.85. The fourth-order valence-electron chi connectivity index (χ4n) is 3.73. The van der Waals surface area contributed by atoms with Crippen molar-refractivity contribution in [3.05, 3.63) is 0 Å². The number of hydrogen-bond acceptors (Lipinski definition) is 2. The van der Waals surface area contributed by atoms with Crippen LogP contribution >= 0.6 is 12.4 Å². The molecule has 0 radical (unpaired) electrons. The molecule has 3 rings (SSSR count). The molecule has 1 aliphatic heterocycles. The third-order valence-corrected chi connectivity index (χ3v) is 5.07. The van der Waals surface area contributed by atoms with Crippen LogP contribution in [0.3, 0.4) is 0 Å². The first-order valence-electron chi connectivity index (χ1n) is 7.31. The van der Waals surface area contributed by atoms with Crippen LogP contribution < -0.4 is 10.6 Å². The second-order valence-corrected chi connectivity index (χ2v) is 6.21. The number of nitrogens with one attached hydrogen (secondary N) is 2. The first-order chi connectivity index (χ1) is 8.30. The zero-order valence-corrected chi connectivity index (χ0v) is 11.9. The summed E-state index contributed by atoms with van der Waals surface area (Å²) < 4.78 is 0. The Morgan fingerprint density at radius 2 is 1.78 bits per heavy atom. The van der Waals surface area contributed by atoms with Gasteiger partial charge in [-0.15, -0.1) is 12.4 Å². The van der Waals surface area contributed by atoms with E-state index >= 15 is 0 Å². The van der Waals surface area contributed by atoms with E-state index in [0.29, 0.717) is 17.4 Å². The summed E-state index contributed by atoms with van der Waals surface area (Å²) in [5, 5.41) is 6.63. The van der Waals surface area contributed by atoms with Crippen LogP contribution in [0.4, 0.5) is 0 Å². The molecule has 0 bridgehead atoms. The summed E-state index contributed by atoms with van der Waals surface area (Å²) in [6.45, 7) is 2.02. The molecule has 1 saturated heterocycles. The van der Waals surface area contributed by atoms with Crippen molar-refractivity contribution < 1.29 is 4.79 Å². The maximum atomic E-state index is 12.1. The van der Waals surface area contributed by atoms with Crippen LogP contribution in [-0.4, -0.2) is 25.0 Å². The highest BCUT2D eigenvalue weighted by atomic mass is 35.5. The van der Waals surface area contributed by atoms with Gasteiger partial charge in [0.25, 0.3) is 0 Å². The maximum absolute atomic E-state index is 12.1. The molecule has 4 heteroatoms. The van der Waals surface area contributed by atoms with E-state index in [-0.39, 0.29) is 18.3 Å². The molecule has 2 aliphatic carbocycles. The maximum Gasteiger partial charge on any atom is 0.223 e. The van der Waals surface area contributed by atoms with Crippen molar-refractivity contribution in [2.75, 3.05) is 13.1 Å². The summed E-state index contributed by atoms with van der Waals surface area (Å²) >= 11 is 0. The van der Waals surface area contributed by atoms with Crippen LogP contribution in [0.25, 0.3) is 0 Å². The van der Waals surface area contributed by atoms with Crippen molar-refractivity contribution in [2.24, 2.45) is 11.3 Å². The van der Waals surface area contributed by atoms with Crippen LogP contribution in [0, 0.1) is 11.3 Å². The van der Waals surface area contributed by atoms with Gasteiger partial charge >= 0.3 is 0 Å². The van der Waals surface area contributed by atoms with Crippen molar-refractivity contribution in [2.45, 2.75) is 57.4 Å². The standard InChI is InChI=1S/C14H24N2O.ClH/c17-13(11-4-8-15-9-5-11)16-12-10-14(12)6-2-1-3-7-14;/h11-12,15H,1-10H2,(H,16,17);1H. The van der Waals surface area contributed by atoms with E-state index in [1.807, 2.05) is 0 Å². The van der Waals surface area contributed by atoms with Crippen molar-refractivity contribution in [3.63, 3.8) is 0 Å². The predicted molar refractivity (Wildman–Crippen MR) is 74.9 cm³/mol.